The maximum Gasteiger partial charge on any atom is 0.317 e. The fraction of sp³-hybridized carbons (Fsp3) is 0.611. The van der Waals surface area contributed by atoms with Gasteiger partial charge in [-0.15, -0.1) is 0 Å². The molecule has 2 N–H and O–H groups in total. The smallest absolute Gasteiger partial charge is 0.317 e. The lowest BCUT2D eigenvalue weighted by Crippen LogP contribution is -2.49. The van der Waals surface area contributed by atoms with Crippen molar-refractivity contribution in [3.63, 3.8) is 0 Å². The number of nitrogens with one attached hydrogen (secondary N) is 1. The highest BCUT2D eigenvalue weighted by molar-refractivity contribution is 6.32. The highest BCUT2D eigenvalue weighted by Gasteiger charge is 2.38. The van der Waals surface area contributed by atoms with E-state index in [1.54, 1.807) is 11.0 Å². The summed E-state index contributed by atoms with van der Waals surface area (Å²) in [6.07, 6.45) is -0.527. The van der Waals surface area contributed by atoms with Gasteiger partial charge in [0.15, 0.2) is 0 Å². The van der Waals surface area contributed by atoms with Gasteiger partial charge in [-0.2, -0.15) is 0 Å². The van der Waals surface area contributed by atoms with E-state index in [1.165, 1.54) is 0 Å². The number of carbonyl (C=O) groups is 1. The molecule has 8 heteroatoms. The minimum Gasteiger partial charge on any atom is -0.490 e. The molecular formula is C18H26ClN3O4. The number of morpholine rings is 1. The van der Waals surface area contributed by atoms with E-state index in [4.69, 9.17) is 21.1 Å². The van der Waals surface area contributed by atoms with E-state index >= 15 is 0 Å². The Labute approximate surface area is 158 Å². The maximum atomic E-state index is 12.3. The Morgan fingerprint density at radius 1 is 1.38 bits per heavy atom. The third-order valence-corrected chi connectivity index (χ3v) is 5.15. The van der Waals surface area contributed by atoms with Crippen LogP contribution in [0.1, 0.15) is 5.56 Å². The average Bonchev–Trinajstić information content (AvgIpc) is 3.03. The molecule has 2 heterocycles. The molecule has 0 radical (unpaired) electrons. The van der Waals surface area contributed by atoms with Crippen molar-refractivity contribution in [1.82, 2.24) is 15.1 Å². The first-order valence-corrected chi connectivity index (χ1v) is 9.34. The van der Waals surface area contributed by atoms with Crippen molar-refractivity contribution < 1.29 is 19.4 Å². The normalized spacial score (nSPS) is 23.9. The summed E-state index contributed by atoms with van der Waals surface area (Å²) in [5, 5.41) is 13.7. The van der Waals surface area contributed by atoms with Crippen LogP contribution in [0.5, 0.6) is 5.75 Å². The van der Waals surface area contributed by atoms with E-state index in [-0.39, 0.29) is 12.1 Å². The Kier molecular flexibility index (Phi) is 6.58. The summed E-state index contributed by atoms with van der Waals surface area (Å²) in [5.41, 5.74) is 0.958. The van der Waals surface area contributed by atoms with Crippen LogP contribution in [0.15, 0.2) is 18.2 Å². The highest BCUT2D eigenvalue weighted by Crippen LogP contribution is 2.27. The van der Waals surface area contributed by atoms with Crippen molar-refractivity contribution >= 4 is 17.6 Å². The van der Waals surface area contributed by atoms with Crippen molar-refractivity contribution in [3.8, 4) is 5.75 Å². The van der Waals surface area contributed by atoms with Gasteiger partial charge in [-0.1, -0.05) is 23.7 Å². The SMILES string of the molecule is Cc1cccc(Cl)c1OCCNC(=O)N1CC(O)C(N2CCOCC2)C1. The lowest BCUT2D eigenvalue weighted by Gasteiger charge is -2.33. The van der Waals surface area contributed by atoms with Crippen molar-refractivity contribution in [2.24, 2.45) is 0 Å². The van der Waals surface area contributed by atoms with E-state index in [0.717, 1.165) is 18.7 Å². The van der Waals surface area contributed by atoms with Gasteiger partial charge in [0, 0.05) is 26.2 Å². The van der Waals surface area contributed by atoms with Gasteiger partial charge in [-0.3, -0.25) is 4.90 Å². The summed E-state index contributed by atoms with van der Waals surface area (Å²) in [7, 11) is 0. The molecule has 2 aliphatic rings. The van der Waals surface area contributed by atoms with Crippen LogP contribution >= 0.6 is 11.6 Å². The number of aryl methyl sites for hydroxylation is 1. The van der Waals surface area contributed by atoms with Gasteiger partial charge < -0.3 is 24.8 Å². The number of carbonyl (C=O) groups excluding carboxylic acids is 1. The Morgan fingerprint density at radius 3 is 2.88 bits per heavy atom. The molecule has 0 aliphatic carbocycles. The summed E-state index contributed by atoms with van der Waals surface area (Å²) in [6.45, 7) is 6.44. The number of rotatable bonds is 5. The minimum atomic E-state index is -0.527. The predicted molar refractivity (Wildman–Crippen MR) is 98.8 cm³/mol. The van der Waals surface area contributed by atoms with Gasteiger partial charge in [0.1, 0.15) is 12.4 Å². The summed E-state index contributed by atoms with van der Waals surface area (Å²) < 4.78 is 11.0. The fourth-order valence-corrected chi connectivity index (χ4v) is 3.70. The number of benzene rings is 1. The maximum absolute atomic E-state index is 12.3. The molecule has 26 heavy (non-hydrogen) atoms. The number of ether oxygens (including phenoxy) is 2. The van der Waals surface area contributed by atoms with Crippen LogP contribution in [-0.4, -0.2) is 85.6 Å². The quantitative estimate of drug-likeness (QED) is 0.745. The van der Waals surface area contributed by atoms with Crippen LogP contribution in [-0.2, 0) is 4.74 Å². The monoisotopic (exact) mass is 383 g/mol. The summed E-state index contributed by atoms with van der Waals surface area (Å²) >= 11 is 6.12. The molecule has 2 fully saturated rings. The molecule has 1 aromatic rings. The number of nitrogens with zero attached hydrogens (tertiary/aromatic N) is 2. The number of hydrogen-bond acceptors (Lipinski definition) is 5. The molecule has 0 aromatic heterocycles. The van der Waals surface area contributed by atoms with Crippen LogP contribution in [0.3, 0.4) is 0 Å². The van der Waals surface area contributed by atoms with E-state index in [1.807, 2.05) is 19.1 Å². The Bertz CT molecular complexity index is 604. The third kappa shape index (κ3) is 4.59. The Balaban J connectivity index is 1.42. The van der Waals surface area contributed by atoms with Gasteiger partial charge in [0.2, 0.25) is 0 Å². The van der Waals surface area contributed by atoms with Gasteiger partial charge in [-0.25, -0.2) is 4.79 Å². The largest absolute Gasteiger partial charge is 0.490 e. The summed E-state index contributed by atoms with van der Waals surface area (Å²) in [4.78, 5) is 16.2. The Morgan fingerprint density at radius 2 is 2.15 bits per heavy atom. The first-order valence-electron chi connectivity index (χ1n) is 8.97. The number of aliphatic hydroxyl groups is 1. The number of amides is 2. The van der Waals surface area contributed by atoms with Crippen molar-refractivity contribution in [2.45, 2.75) is 19.1 Å². The average molecular weight is 384 g/mol. The predicted octanol–water partition coefficient (Wildman–Crippen LogP) is 1.11. The van der Waals surface area contributed by atoms with Gasteiger partial charge in [-0.05, 0) is 18.6 Å². The van der Waals surface area contributed by atoms with Crippen LogP contribution in [0.25, 0.3) is 0 Å². The molecule has 2 atom stereocenters. The first-order chi connectivity index (χ1) is 12.6. The second-order valence-corrected chi connectivity index (χ2v) is 7.06. The van der Waals surface area contributed by atoms with E-state index in [0.29, 0.717) is 50.2 Å². The first kappa shape index (κ1) is 19.2. The molecule has 144 valence electrons. The van der Waals surface area contributed by atoms with Gasteiger partial charge >= 0.3 is 6.03 Å². The van der Waals surface area contributed by atoms with E-state index in [2.05, 4.69) is 10.2 Å². The van der Waals surface area contributed by atoms with Crippen molar-refractivity contribution in [3.05, 3.63) is 28.8 Å². The fourth-order valence-electron chi connectivity index (χ4n) is 3.43. The van der Waals surface area contributed by atoms with Crippen LogP contribution < -0.4 is 10.1 Å². The topological polar surface area (TPSA) is 74.3 Å². The lowest BCUT2D eigenvalue weighted by atomic mass is 10.2. The second-order valence-electron chi connectivity index (χ2n) is 6.65. The molecule has 0 spiro atoms. The zero-order valence-corrected chi connectivity index (χ0v) is 15.7. The molecule has 2 saturated heterocycles. The van der Waals surface area contributed by atoms with Gasteiger partial charge in [0.05, 0.1) is 36.9 Å². The number of hydrogen-bond donors (Lipinski definition) is 2. The lowest BCUT2D eigenvalue weighted by molar-refractivity contribution is -0.00608. The molecule has 7 nitrogen and oxygen atoms in total. The molecule has 0 bridgehead atoms. The van der Waals surface area contributed by atoms with Crippen molar-refractivity contribution in [2.75, 3.05) is 52.5 Å². The van der Waals surface area contributed by atoms with E-state index < -0.39 is 6.10 Å². The molecular weight excluding hydrogens is 358 g/mol. The van der Waals surface area contributed by atoms with Crippen LogP contribution in [0, 0.1) is 6.92 Å². The summed E-state index contributed by atoms with van der Waals surface area (Å²) in [5.74, 6) is 0.646. The van der Waals surface area contributed by atoms with Crippen molar-refractivity contribution in [1.29, 1.82) is 0 Å². The van der Waals surface area contributed by atoms with Crippen LogP contribution in [0.4, 0.5) is 4.79 Å². The summed E-state index contributed by atoms with van der Waals surface area (Å²) in [6, 6.07) is 5.37. The second kappa shape index (κ2) is 8.90. The Hall–Kier alpha value is -1.54. The van der Waals surface area contributed by atoms with Crippen LogP contribution in [0.2, 0.25) is 5.02 Å². The van der Waals surface area contributed by atoms with Gasteiger partial charge in [0.25, 0.3) is 0 Å². The number of β-amino-alcohol motifs (C(OH)–C–C–N with tert-alkyl or cyclic N) is 1. The number of likely N-dealkylation sites (tertiary alicyclic amines) is 1. The standard InChI is InChI=1S/C18H26ClN3O4/c1-13-3-2-4-14(19)17(13)26-8-5-20-18(24)22-11-15(16(23)12-22)21-6-9-25-10-7-21/h2-4,15-16,23H,5-12H2,1H3,(H,20,24). The molecule has 0 saturated carbocycles. The zero-order valence-electron chi connectivity index (χ0n) is 15.0. The number of para-hydroxylation sites is 1. The number of aliphatic hydroxyl groups excluding tert-OH is 1. The molecule has 2 aliphatic heterocycles. The molecule has 2 amide bonds. The third-order valence-electron chi connectivity index (χ3n) is 4.85. The highest BCUT2D eigenvalue weighted by atomic mass is 35.5. The minimum absolute atomic E-state index is 0.0216. The number of urea groups is 1. The molecule has 1 aromatic carbocycles. The zero-order chi connectivity index (χ0) is 18.5. The molecule has 3 rings (SSSR count). The number of halogens is 1. The van der Waals surface area contributed by atoms with E-state index in [9.17, 15) is 9.90 Å². The molecule has 2 unspecified atom stereocenters.